The van der Waals surface area contributed by atoms with Gasteiger partial charge in [-0.05, 0) is 37.7 Å². The summed E-state index contributed by atoms with van der Waals surface area (Å²) < 4.78 is 5.77. The van der Waals surface area contributed by atoms with Gasteiger partial charge in [-0.3, -0.25) is 4.79 Å². The minimum Gasteiger partial charge on any atom is -0.364 e. The molecule has 1 aromatic rings. The molecule has 0 spiro atoms. The van der Waals surface area contributed by atoms with Crippen LogP contribution in [0.25, 0.3) is 0 Å². The Morgan fingerprint density at radius 3 is 2.68 bits per heavy atom. The molecule has 1 unspecified atom stereocenters. The topological polar surface area (TPSA) is 55.6 Å². The van der Waals surface area contributed by atoms with Crippen molar-refractivity contribution in [3.63, 3.8) is 0 Å². The number of halogens is 1. The van der Waals surface area contributed by atoms with Gasteiger partial charge in [0.2, 0.25) is 0 Å². The van der Waals surface area contributed by atoms with Crippen molar-refractivity contribution in [1.82, 2.24) is 4.90 Å². The van der Waals surface area contributed by atoms with Crippen molar-refractivity contribution in [1.29, 1.82) is 0 Å². The van der Waals surface area contributed by atoms with E-state index in [0.29, 0.717) is 12.6 Å². The van der Waals surface area contributed by atoms with Gasteiger partial charge in [0.1, 0.15) is 6.10 Å². The second-order valence-electron chi connectivity index (χ2n) is 6.08. The molecule has 122 valence electrons. The van der Waals surface area contributed by atoms with Crippen molar-refractivity contribution in [3.8, 4) is 0 Å². The molecule has 2 heterocycles. The minimum absolute atomic E-state index is 0. The molecule has 22 heavy (non-hydrogen) atoms. The van der Waals surface area contributed by atoms with Crippen LogP contribution >= 0.6 is 12.4 Å². The smallest absolute Gasteiger partial charge is 0.251 e. The van der Waals surface area contributed by atoms with Gasteiger partial charge in [0, 0.05) is 19.1 Å². The van der Waals surface area contributed by atoms with Gasteiger partial charge >= 0.3 is 0 Å². The second-order valence-corrected chi connectivity index (χ2v) is 6.08. The summed E-state index contributed by atoms with van der Waals surface area (Å²) in [6.07, 6.45) is 4.65. The Hall–Kier alpha value is -1.10. The number of carbonyl (C=O) groups is 1. The van der Waals surface area contributed by atoms with Crippen molar-refractivity contribution in [3.05, 3.63) is 35.9 Å². The number of likely N-dealkylation sites (tertiary alicyclic amines) is 1. The monoisotopic (exact) mass is 324 g/mol. The van der Waals surface area contributed by atoms with Crippen molar-refractivity contribution in [2.24, 2.45) is 5.73 Å². The van der Waals surface area contributed by atoms with Crippen LogP contribution in [0.2, 0.25) is 0 Å². The second kappa shape index (κ2) is 7.95. The van der Waals surface area contributed by atoms with Gasteiger partial charge in [-0.1, -0.05) is 30.3 Å². The summed E-state index contributed by atoms with van der Waals surface area (Å²) in [5, 5.41) is 0. The molecule has 5 heteroatoms. The van der Waals surface area contributed by atoms with E-state index in [1.54, 1.807) is 0 Å². The number of hydrogen-bond acceptors (Lipinski definition) is 3. The molecule has 2 saturated heterocycles. The third-order valence-corrected chi connectivity index (χ3v) is 4.62. The molecule has 1 aromatic carbocycles. The highest BCUT2D eigenvalue weighted by molar-refractivity contribution is 5.85. The Morgan fingerprint density at radius 2 is 2.00 bits per heavy atom. The molecule has 3 rings (SSSR count). The van der Waals surface area contributed by atoms with E-state index in [1.165, 1.54) is 5.56 Å². The number of ether oxygens (including phenoxy) is 1. The van der Waals surface area contributed by atoms with E-state index in [-0.39, 0.29) is 30.5 Å². The molecule has 0 aliphatic carbocycles. The summed E-state index contributed by atoms with van der Waals surface area (Å²) in [6, 6.07) is 10.7. The Balaban J connectivity index is 0.00000176. The van der Waals surface area contributed by atoms with E-state index in [1.807, 2.05) is 11.0 Å². The minimum atomic E-state index is -0.269. The summed E-state index contributed by atoms with van der Waals surface area (Å²) >= 11 is 0. The zero-order chi connectivity index (χ0) is 14.7. The van der Waals surface area contributed by atoms with Crippen LogP contribution in [-0.4, -0.2) is 42.1 Å². The van der Waals surface area contributed by atoms with Gasteiger partial charge in [-0.15, -0.1) is 12.4 Å². The predicted octanol–water partition coefficient (Wildman–Crippen LogP) is 2.15. The fourth-order valence-electron chi connectivity index (χ4n) is 3.47. The fourth-order valence-corrected chi connectivity index (χ4v) is 3.47. The molecule has 1 amide bonds. The van der Waals surface area contributed by atoms with Gasteiger partial charge in [-0.25, -0.2) is 0 Å². The fraction of sp³-hybridized carbons (Fsp3) is 0.588. The van der Waals surface area contributed by atoms with Crippen molar-refractivity contribution >= 4 is 18.3 Å². The molecule has 0 radical (unpaired) electrons. The van der Waals surface area contributed by atoms with Gasteiger partial charge in [0.05, 0.1) is 6.10 Å². The maximum absolute atomic E-state index is 12.7. The van der Waals surface area contributed by atoms with Gasteiger partial charge in [0.15, 0.2) is 0 Å². The number of carbonyl (C=O) groups excluding carboxylic acids is 1. The highest BCUT2D eigenvalue weighted by Gasteiger charge is 2.37. The lowest BCUT2D eigenvalue weighted by Gasteiger charge is -2.27. The summed E-state index contributed by atoms with van der Waals surface area (Å²) in [5.74, 6) is 0.171. The van der Waals surface area contributed by atoms with Gasteiger partial charge < -0.3 is 15.4 Å². The molecule has 0 aromatic heterocycles. The van der Waals surface area contributed by atoms with E-state index in [4.69, 9.17) is 10.5 Å². The highest BCUT2D eigenvalue weighted by atomic mass is 35.5. The summed E-state index contributed by atoms with van der Waals surface area (Å²) in [7, 11) is 0. The van der Waals surface area contributed by atoms with Crippen LogP contribution < -0.4 is 5.73 Å². The molecule has 2 aliphatic rings. The average molecular weight is 325 g/mol. The lowest BCUT2D eigenvalue weighted by Crippen LogP contribution is -2.43. The number of benzene rings is 1. The molecular weight excluding hydrogens is 300 g/mol. The summed E-state index contributed by atoms with van der Waals surface area (Å²) in [4.78, 5) is 14.7. The van der Waals surface area contributed by atoms with Crippen LogP contribution in [0.5, 0.6) is 0 Å². The standard InChI is InChI=1S/C17H24N2O2.ClH/c18-12-15-8-9-16(21-15)17(20)19-10-4-7-14(19)11-13-5-2-1-3-6-13;/h1-3,5-6,14-16H,4,7-12,18H2;1H/t14?,15-,16+;/m1./s1. The van der Waals surface area contributed by atoms with E-state index >= 15 is 0 Å². The Labute approximate surface area is 138 Å². The maximum atomic E-state index is 12.7. The predicted molar refractivity (Wildman–Crippen MR) is 89.1 cm³/mol. The van der Waals surface area contributed by atoms with Gasteiger partial charge in [0.25, 0.3) is 5.91 Å². The van der Waals surface area contributed by atoms with Crippen LogP contribution in [0.1, 0.15) is 31.2 Å². The Kier molecular flexibility index (Phi) is 6.24. The van der Waals surface area contributed by atoms with Crippen LogP contribution in [0.15, 0.2) is 30.3 Å². The lowest BCUT2D eigenvalue weighted by atomic mass is 10.0. The SMILES string of the molecule is Cl.NC[C@H]1CC[C@@H](C(=O)N2CCCC2Cc2ccccc2)O1. The number of nitrogens with zero attached hydrogens (tertiary/aromatic N) is 1. The van der Waals surface area contributed by atoms with Crippen molar-refractivity contribution in [2.45, 2.75) is 50.4 Å². The molecule has 2 aliphatic heterocycles. The number of amides is 1. The van der Waals surface area contributed by atoms with Crippen LogP contribution in [-0.2, 0) is 16.0 Å². The van der Waals surface area contributed by atoms with Crippen LogP contribution in [0, 0.1) is 0 Å². The Bertz CT molecular complexity index is 483. The zero-order valence-electron chi connectivity index (χ0n) is 12.8. The molecule has 3 atom stereocenters. The van der Waals surface area contributed by atoms with E-state index < -0.39 is 0 Å². The first-order valence-corrected chi connectivity index (χ1v) is 7.98. The first-order chi connectivity index (χ1) is 10.3. The van der Waals surface area contributed by atoms with E-state index in [9.17, 15) is 4.79 Å². The molecule has 0 saturated carbocycles. The summed E-state index contributed by atoms with van der Waals surface area (Å²) in [6.45, 7) is 1.38. The number of rotatable bonds is 4. The van der Waals surface area contributed by atoms with Crippen molar-refractivity contribution < 1.29 is 9.53 Å². The quantitative estimate of drug-likeness (QED) is 0.923. The third kappa shape index (κ3) is 3.80. The molecule has 2 fully saturated rings. The molecule has 0 bridgehead atoms. The van der Waals surface area contributed by atoms with Crippen LogP contribution in [0.3, 0.4) is 0 Å². The molecular formula is C17H25ClN2O2. The normalized spacial score (nSPS) is 27.7. The number of hydrogen-bond donors (Lipinski definition) is 1. The van der Waals surface area contributed by atoms with E-state index in [2.05, 4.69) is 24.3 Å². The maximum Gasteiger partial charge on any atom is 0.251 e. The number of nitrogens with two attached hydrogens (primary N) is 1. The molecule has 2 N–H and O–H groups in total. The third-order valence-electron chi connectivity index (χ3n) is 4.62. The first kappa shape index (κ1) is 17.3. The summed E-state index contributed by atoms with van der Waals surface area (Å²) in [5.41, 5.74) is 6.93. The first-order valence-electron chi connectivity index (χ1n) is 7.98. The lowest BCUT2D eigenvalue weighted by molar-refractivity contribution is -0.143. The van der Waals surface area contributed by atoms with E-state index in [0.717, 1.165) is 38.6 Å². The average Bonchev–Trinajstić information content (AvgIpc) is 3.16. The largest absolute Gasteiger partial charge is 0.364 e. The Morgan fingerprint density at radius 1 is 1.23 bits per heavy atom. The highest BCUT2D eigenvalue weighted by Crippen LogP contribution is 2.26. The van der Waals surface area contributed by atoms with Crippen molar-refractivity contribution in [2.75, 3.05) is 13.1 Å². The zero-order valence-corrected chi connectivity index (χ0v) is 13.6. The van der Waals surface area contributed by atoms with Gasteiger partial charge in [-0.2, -0.15) is 0 Å². The molecule has 4 nitrogen and oxygen atoms in total. The van der Waals surface area contributed by atoms with Crippen LogP contribution in [0.4, 0.5) is 0 Å².